The van der Waals surface area contributed by atoms with Crippen molar-refractivity contribution >= 4 is 17.6 Å². The van der Waals surface area contributed by atoms with Gasteiger partial charge in [0.2, 0.25) is 0 Å². The minimum absolute atomic E-state index is 0.0752. The molecule has 0 spiro atoms. The summed E-state index contributed by atoms with van der Waals surface area (Å²) in [5.74, 6) is -0.137. The van der Waals surface area contributed by atoms with E-state index >= 15 is 0 Å². The van der Waals surface area contributed by atoms with Crippen LogP contribution >= 0.6 is 11.6 Å². The zero-order chi connectivity index (χ0) is 14.4. The number of hydrogen-bond donors (Lipinski definition) is 2. The highest BCUT2D eigenvalue weighted by molar-refractivity contribution is 6.32. The molecule has 0 heterocycles. The van der Waals surface area contributed by atoms with Gasteiger partial charge in [0.05, 0.1) is 12.1 Å². The summed E-state index contributed by atoms with van der Waals surface area (Å²) < 4.78 is 5.07. The maximum Gasteiger partial charge on any atom is 0.320 e. The predicted octanol–water partition coefficient (Wildman–Crippen LogP) is 2.94. The maximum atomic E-state index is 11.2. The zero-order valence-corrected chi connectivity index (χ0v) is 12.2. The van der Waals surface area contributed by atoms with Gasteiger partial charge in [0.15, 0.2) is 0 Å². The minimum atomic E-state index is -0.825. The Kier molecular flexibility index (Phi) is 6.12. The van der Waals surface area contributed by atoms with E-state index in [0.29, 0.717) is 17.3 Å². The highest BCUT2D eigenvalue weighted by atomic mass is 35.5. The van der Waals surface area contributed by atoms with Crippen LogP contribution in [0.1, 0.15) is 25.8 Å². The van der Waals surface area contributed by atoms with Crippen LogP contribution in [-0.4, -0.2) is 24.2 Å². The quantitative estimate of drug-likeness (QED) is 0.809. The Morgan fingerprint density at radius 3 is 2.68 bits per heavy atom. The van der Waals surface area contributed by atoms with Gasteiger partial charge in [-0.3, -0.25) is 4.79 Å². The van der Waals surface area contributed by atoms with E-state index in [9.17, 15) is 9.90 Å². The molecule has 2 atom stereocenters. The summed E-state index contributed by atoms with van der Waals surface area (Å²) in [5, 5.41) is 12.8. The molecular formula is C14H20ClNO3. The van der Waals surface area contributed by atoms with Gasteiger partial charge in [-0.2, -0.15) is 0 Å². The van der Waals surface area contributed by atoms with Crippen molar-refractivity contribution in [2.75, 3.05) is 7.11 Å². The standard InChI is InChI=1S/C14H20ClNO3/c1-4-9(2)13(14(17)18)16-8-10-5-6-12(19-3)11(15)7-10/h5-7,9,13,16H,4,8H2,1-3H3,(H,17,18)/t9-,13-/m0/s1. The molecule has 0 radical (unpaired) electrons. The number of rotatable bonds is 7. The number of hydrogen-bond acceptors (Lipinski definition) is 3. The second-order valence-electron chi connectivity index (χ2n) is 4.55. The summed E-state index contributed by atoms with van der Waals surface area (Å²) in [6.45, 7) is 4.37. The lowest BCUT2D eigenvalue weighted by molar-refractivity contribution is -0.140. The fourth-order valence-electron chi connectivity index (χ4n) is 1.82. The first-order chi connectivity index (χ1) is 8.99. The van der Waals surface area contributed by atoms with Gasteiger partial charge in [0.1, 0.15) is 11.8 Å². The third kappa shape index (κ3) is 4.40. The monoisotopic (exact) mass is 285 g/mol. The Hall–Kier alpha value is -1.26. The molecule has 0 saturated heterocycles. The number of nitrogens with one attached hydrogen (secondary N) is 1. The molecule has 0 saturated carbocycles. The Morgan fingerprint density at radius 1 is 1.53 bits per heavy atom. The highest BCUT2D eigenvalue weighted by Gasteiger charge is 2.22. The van der Waals surface area contributed by atoms with Gasteiger partial charge in [-0.25, -0.2) is 0 Å². The molecule has 5 heteroatoms. The van der Waals surface area contributed by atoms with Crippen molar-refractivity contribution < 1.29 is 14.6 Å². The predicted molar refractivity (Wildman–Crippen MR) is 75.7 cm³/mol. The van der Waals surface area contributed by atoms with Crippen molar-refractivity contribution in [1.82, 2.24) is 5.32 Å². The van der Waals surface area contributed by atoms with E-state index < -0.39 is 12.0 Å². The van der Waals surface area contributed by atoms with Crippen molar-refractivity contribution in [3.63, 3.8) is 0 Å². The molecule has 0 aliphatic heterocycles. The second-order valence-corrected chi connectivity index (χ2v) is 4.96. The smallest absolute Gasteiger partial charge is 0.320 e. The number of halogens is 1. The number of methoxy groups -OCH3 is 1. The van der Waals surface area contributed by atoms with Gasteiger partial charge in [-0.05, 0) is 23.6 Å². The first kappa shape index (κ1) is 15.8. The number of ether oxygens (including phenoxy) is 1. The molecule has 0 amide bonds. The molecule has 1 rings (SSSR count). The molecule has 0 aromatic heterocycles. The van der Waals surface area contributed by atoms with Crippen LogP contribution in [0.3, 0.4) is 0 Å². The summed E-state index contributed by atoms with van der Waals surface area (Å²) >= 11 is 6.03. The summed E-state index contributed by atoms with van der Waals surface area (Å²) in [4.78, 5) is 11.2. The first-order valence-corrected chi connectivity index (χ1v) is 6.66. The molecule has 106 valence electrons. The van der Waals surface area contributed by atoms with Gasteiger partial charge >= 0.3 is 5.97 Å². The normalized spacial score (nSPS) is 13.9. The largest absolute Gasteiger partial charge is 0.495 e. The van der Waals surface area contributed by atoms with Gasteiger partial charge in [0, 0.05) is 6.54 Å². The van der Waals surface area contributed by atoms with Gasteiger partial charge in [-0.1, -0.05) is 37.9 Å². The third-order valence-corrected chi connectivity index (χ3v) is 3.52. The Balaban J connectivity index is 2.69. The average molecular weight is 286 g/mol. The van der Waals surface area contributed by atoms with E-state index in [4.69, 9.17) is 16.3 Å². The van der Waals surface area contributed by atoms with E-state index in [1.54, 1.807) is 19.2 Å². The summed E-state index contributed by atoms with van der Waals surface area (Å²) in [5.41, 5.74) is 0.931. The number of carboxylic acids is 1. The lowest BCUT2D eigenvalue weighted by Gasteiger charge is -2.20. The molecule has 0 aliphatic carbocycles. The van der Waals surface area contributed by atoms with Crippen LogP contribution in [0.5, 0.6) is 5.75 Å². The summed E-state index contributed by atoms with van der Waals surface area (Å²) in [6.07, 6.45) is 0.813. The number of benzene rings is 1. The van der Waals surface area contributed by atoms with E-state index in [1.807, 2.05) is 19.9 Å². The van der Waals surface area contributed by atoms with Crippen LogP contribution in [0.15, 0.2) is 18.2 Å². The lowest BCUT2D eigenvalue weighted by Crippen LogP contribution is -2.41. The number of aliphatic carboxylic acids is 1. The fraction of sp³-hybridized carbons (Fsp3) is 0.500. The molecular weight excluding hydrogens is 266 g/mol. The second kappa shape index (κ2) is 7.36. The van der Waals surface area contributed by atoms with Crippen molar-refractivity contribution in [3.8, 4) is 5.75 Å². The lowest BCUT2D eigenvalue weighted by atomic mass is 9.99. The van der Waals surface area contributed by atoms with Gasteiger partial charge in [-0.15, -0.1) is 0 Å². The molecule has 2 N–H and O–H groups in total. The van der Waals surface area contributed by atoms with Crippen LogP contribution in [0.2, 0.25) is 5.02 Å². The topological polar surface area (TPSA) is 58.6 Å². The molecule has 19 heavy (non-hydrogen) atoms. The molecule has 0 bridgehead atoms. The molecule has 1 aromatic rings. The van der Waals surface area contributed by atoms with Crippen molar-refractivity contribution in [2.24, 2.45) is 5.92 Å². The number of carbonyl (C=O) groups is 1. The third-order valence-electron chi connectivity index (χ3n) is 3.22. The molecule has 4 nitrogen and oxygen atoms in total. The zero-order valence-electron chi connectivity index (χ0n) is 11.4. The van der Waals surface area contributed by atoms with Crippen LogP contribution in [-0.2, 0) is 11.3 Å². The molecule has 0 fully saturated rings. The summed E-state index contributed by atoms with van der Waals surface area (Å²) in [6, 6.07) is 4.88. The molecule has 0 aliphatic rings. The Bertz CT molecular complexity index is 437. The summed E-state index contributed by atoms with van der Waals surface area (Å²) in [7, 11) is 1.56. The van der Waals surface area contributed by atoms with E-state index in [0.717, 1.165) is 12.0 Å². The van der Waals surface area contributed by atoms with Crippen LogP contribution in [0.25, 0.3) is 0 Å². The van der Waals surface area contributed by atoms with Gasteiger partial charge in [0.25, 0.3) is 0 Å². The van der Waals surface area contributed by atoms with Crippen LogP contribution < -0.4 is 10.1 Å². The van der Waals surface area contributed by atoms with E-state index in [1.165, 1.54) is 0 Å². The van der Waals surface area contributed by atoms with E-state index in [2.05, 4.69) is 5.32 Å². The van der Waals surface area contributed by atoms with Crippen LogP contribution in [0.4, 0.5) is 0 Å². The Labute approximate surface area is 118 Å². The van der Waals surface area contributed by atoms with Gasteiger partial charge < -0.3 is 15.2 Å². The van der Waals surface area contributed by atoms with E-state index in [-0.39, 0.29) is 5.92 Å². The first-order valence-electron chi connectivity index (χ1n) is 6.28. The van der Waals surface area contributed by atoms with Crippen molar-refractivity contribution in [3.05, 3.63) is 28.8 Å². The fourth-order valence-corrected chi connectivity index (χ4v) is 2.10. The number of carboxylic acid groups (broad SMARTS) is 1. The maximum absolute atomic E-state index is 11.2. The van der Waals surface area contributed by atoms with Crippen molar-refractivity contribution in [2.45, 2.75) is 32.9 Å². The average Bonchev–Trinajstić information content (AvgIpc) is 2.38. The minimum Gasteiger partial charge on any atom is -0.495 e. The molecule has 0 unspecified atom stereocenters. The highest BCUT2D eigenvalue weighted by Crippen LogP contribution is 2.25. The van der Waals surface area contributed by atoms with Crippen molar-refractivity contribution in [1.29, 1.82) is 0 Å². The Morgan fingerprint density at radius 2 is 2.21 bits per heavy atom. The molecule has 1 aromatic carbocycles. The van der Waals surface area contributed by atoms with Crippen LogP contribution in [0, 0.1) is 5.92 Å². The SMILES string of the molecule is CC[C@H](C)[C@H](NCc1ccc(OC)c(Cl)c1)C(=O)O.